The molecule has 0 aliphatic heterocycles. The van der Waals surface area contributed by atoms with Crippen molar-refractivity contribution in [3.05, 3.63) is 88.1 Å². The summed E-state index contributed by atoms with van der Waals surface area (Å²) >= 11 is 0. The first-order valence-electron chi connectivity index (χ1n) is 10.0. The van der Waals surface area contributed by atoms with Gasteiger partial charge >= 0.3 is 0 Å². The maximum absolute atomic E-state index is 14.9. The maximum atomic E-state index is 14.9. The highest BCUT2D eigenvalue weighted by atomic mass is 19.1. The first kappa shape index (κ1) is 20.2. The fourth-order valence-electron chi connectivity index (χ4n) is 3.36. The van der Waals surface area contributed by atoms with Gasteiger partial charge in [-0.15, -0.1) is 0 Å². The Bertz CT molecular complexity index is 1340. The van der Waals surface area contributed by atoms with E-state index in [1.54, 1.807) is 60.7 Å². The van der Waals surface area contributed by atoms with Crippen molar-refractivity contribution in [1.29, 1.82) is 5.26 Å². The van der Waals surface area contributed by atoms with Gasteiger partial charge in [0.15, 0.2) is 0 Å². The molecule has 0 spiro atoms. The predicted octanol–water partition coefficient (Wildman–Crippen LogP) is 4.34. The van der Waals surface area contributed by atoms with Crippen LogP contribution in [0, 0.1) is 17.3 Å². The zero-order chi connectivity index (χ0) is 21.8. The molecule has 7 heteroatoms. The molecule has 1 N–H and O–H groups in total. The molecule has 0 bridgehead atoms. The molecule has 0 saturated heterocycles. The van der Waals surface area contributed by atoms with E-state index in [1.165, 1.54) is 4.68 Å². The van der Waals surface area contributed by atoms with Crippen LogP contribution in [0.3, 0.4) is 0 Å². The minimum atomic E-state index is -0.651. The lowest BCUT2D eigenvalue weighted by Crippen LogP contribution is -2.24. The summed E-state index contributed by atoms with van der Waals surface area (Å²) < 4.78 is 16.2. The van der Waals surface area contributed by atoms with E-state index in [0.717, 1.165) is 12.0 Å². The first-order chi connectivity index (χ1) is 15.1. The molecule has 31 heavy (non-hydrogen) atoms. The third kappa shape index (κ3) is 4.14. The van der Waals surface area contributed by atoms with Gasteiger partial charge in [-0.05, 0) is 42.3 Å². The van der Waals surface area contributed by atoms with E-state index in [9.17, 15) is 9.18 Å². The van der Waals surface area contributed by atoms with Crippen LogP contribution in [0.4, 0.5) is 10.2 Å². The van der Waals surface area contributed by atoms with Crippen molar-refractivity contribution in [1.82, 2.24) is 14.8 Å². The quantitative estimate of drug-likeness (QED) is 0.476. The summed E-state index contributed by atoms with van der Waals surface area (Å²) in [4.78, 5) is 17.0. The Morgan fingerprint density at radius 1 is 1.06 bits per heavy atom. The maximum Gasteiger partial charge on any atom is 0.274 e. The van der Waals surface area contributed by atoms with Gasteiger partial charge in [0, 0.05) is 11.9 Å². The van der Waals surface area contributed by atoms with Gasteiger partial charge in [-0.1, -0.05) is 37.3 Å². The van der Waals surface area contributed by atoms with Crippen molar-refractivity contribution < 1.29 is 4.39 Å². The average Bonchev–Trinajstić information content (AvgIpc) is 2.80. The van der Waals surface area contributed by atoms with Gasteiger partial charge in [0.2, 0.25) is 5.95 Å². The molecule has 4 rings (SSSR count). The van der Waals surface area contributed by atoms with Crippen molar-refractivity contribution in [2.24, 2.45) is 0 Å². The Labute approximate surface area is 178 Å². The summed E-state index contributed by atoms with van der Waals surface area (Å²) in [6.45, 7) is 2.92. The summed E-state index contributed by atoms with van der Waals surface area (Å²) in [7, 11) is 0. The van der Waals surface area contributed by atoms with Crippen molar-refractivity contribution in [3.63, 3.8) is 0 Å². The molecule has 0 unspecified atom stereocenters. The largest absolute Gasteiger partial charge is 0.370 e. The van der Waals surface area contributed by atoms with E-state index in [0.29, 0.717) is 34.4 Å². The minimum Gasteiger partial charge on any atom is -0.370 e. The van der Waals surface area contributed by atoms with Crippen molar-refractivity contribution in [2.45, 2.75) is 19.9 Å². The number of hydrogen-bond acceptors (Lipinski definition) is 5. The van der Waals surface area contributed by atoms with Crippen molar-refractivity contribution in [3.8, 4) is 17.3 Å². The molecule has 0 aliphatic carbocycles. The SMILES string of the molecule is CCCNc1ccc(-c2nn(Cc3ccc(C#N)cc3)c(=O)c3ccccc23)c(F)n1. The van der Waals surface area contributed by atoms with E-state index in [2.05, 4.69) is 21.5 Å². The van der Waals surface area contributed by atoms with Gasteiger partial charge in [0.1, 0.15) is 11.5 Å². The molecule has 0 fully saturated rings. The lowest BCUT2D eigenvalue weighted by atomic mass is 10.1. The van der Waals surface area contributed by atoms with Gasteiger partial charge in [-0.3, -0.25) is 4.79 Å². The summed E-state index contributed by atoms with van der Waals surface area (Å²) in [5.41, 5.74) is 1.67. The molecular formula is C24H20FN5O. The van der Waals surface area contributed by atoms with E-state index in [1.807, 2.05) is 6.92 Å². The second-order valence-corrected chi connectivity index (χ2v) is 7.13. The molecule has 2 aromatic carbocycles. The Balaban J connectivity index is 1.82. The number of benzene rings is 2. The van der Waals surface area contributed by atoms with Crippen LogP contribution in [0.15, 0.2) is 65.5 Å². The number of aromatic nitrogens is 3. The molecule has 2 heterocycles. The lowest BCUT2D eigenvalue weighted by molar-refractivity contribution is 0.585. The molecule has 2 aromatic heterocycles. The second-order valence-electron chi connectivity index (χ2n) is 7.13. The molecule has 0 atom stereocenters. The number of nitrogens with one attached hydrogen (secondary N) is 1. The Morgan fingerprint density at radius 2 is 1.81 bits per heavy atom. The Kier molecular flexibility index (Phi) is 5.72. The van der Waals surface area contributed by atoms with Gasteiger partial charge in [0.05, 0.1) is 29.1 Å². The van der Waals surface area contributed by atoms with Crippen molar-refractivity contribution in [2.75, 3.05) is 11.9 Å². The number of nitrogens with zero attached hydrogens (tertiary/aromatic N) is 4. The number of pyridine rings is 1. The second kappa shape index (κ2) is 8.76. The highest BCUT2D eigenvalue weighted by molar-refractivity contribution is 5.93. The van der Waals surface area contributed by atoms with E-state index < -0.39 is 5.95 Å². The number of fused-ring (bicyclic) bond motifs is 1. The molecule has 6 nitrogen and oxygen atoms in total. The number of halogens is 1. The molecule has 0 aliphatic rings. The van der Waals surface area contributed by atoms with E-state index in [4.69, 9.17) is 5.26 Å². The Hall–Kier alpha value is -4.05. The monoisotopic (exact) mass is 413 g/mol. The van der Waals surface area contributed by atoms with E-state index >= 15 is 0 Å². The van der Waals surface area contributed by atoms with Crippen LogP contribution >= 0.6 is 0 Å². The third-order valence-corrected chi connectivity index (χ3v) is 4.94. The normalized spacial score (nSPS) is 10.7. The van der Waals surface area contributed by atoms with Gasteiger partial charge < -0.3 is 5.32 Å². The number of rotatable bonds is 6. The topological polar surface area (TPSA) is 83.6 Å². The molecule has 0 radical (unpaired) electrons. The first-order valence-corrected chi connectivity index (χ1v) is 10.0. The third-order valence-electron chi connectivity index (χ3n) is 4.94. The van der Waals surface area contributed by atoms with Gasteiger partial charge in [-0.2, -0.15) is 14.8 Å². The van der Waals surface area contributed by atoms with E-state index in [-0.39, 0.29) is 17.7 Å². The van der Waals surface area contributed by atoms with Crippen LogP contribution < -0.4 is 10.9 Å². The minimum absolute atomic E-state index is 0.202. The van der Waals surface area contributed by atoms with Gasteiger partial charge in [0.25, 0.3) is 5.56 Å². The predicted molar refractivity (Wildman–Crippen MR) is 118 cm³/mol. The van der Waals surface area contributed by atoms with Crippen LogP contribution in [0.25, 0.3) is 22.0 Å². The fourth-order valence-corrected chi connectivity index (χ4v) is 3.36. The lowest BCUT2D eigenvalue weighted by Gasteiger charge is -2.12. The zero-order valence-electron chi connectivity index (χ0n) is 17.0. The van der Waals surface area contributed by atoms with Crippen LogP contribution in [0.1, 0.15) is 24.5 Å². The summed E-state index contributed by atoms with van der Waals surface area (Å²) in [5, 5.41) is 17.6. The molecule has 4 aromatic rings. The van der Waals surface area contributed by atoms with Crippen molar-refractivity contribution >= 4 is 16.6 Å². The highest BCUT2D eigenvalue weighted by Crippen LogP contribution is 2.27. The van der Waals surface area contributed by atoms with Crippen LogP contribution in [-0.2, 0) is 6.54 Å². The summed E-state index contributed by atoms with van der Waals surface area (Å²) in [6.07, 6.45) is 0.900. The van der Waals surface area contributed by atoms with Crippen LogP contribution in [0.5, 0.6) is 0 Å². The summed E-state index contributed by atoms with van der Waals surface area (Å²) in [5.74, 6) is -0.194. The average molecular weight is 413 g/mol. The molecule has 0 saturated carbocycles. The fraction of sp³-hybridized carbons (Fsp3) is 0.167. The highest BCUT2D eigenvalue weighted by Gasteiger charge is 2.16. The smallest absolute Gasteiger partial charge is 0.274 e. The van der Waals surface area contributed by atoms with Gasteiger partial charge in [-0.25, -0.2) is 9.67 Å². The number of anilines is 1. The van der Waals surface area contributed by atoms with Crippen LogP contribution in [-0.4, -0.2) is 21.3 Å². The standard InChI is InChI=1S/C24H20FN5O/c1-2-13-27-21-12-11-20(23(25)28-21)22-18-5-3-4-6-19(18)24(31)30(29-22)15-17-9-7-16(14-26)8-10-17/h3-12H,2,13,15H2,1H3,(H,27,28). The number of nitriles is 1. The molecular weight excluding hydrogens is 393 g/mol. The zero-order valence-corrected chi connectivity index (χ0v) is 17.0. The molecule has 154 valence electrons. The van der Waals surface area contributed by atoms with Crippen LogP contribution in [0.2, 0.25) is 0 Å². The Morgan fingerprint density at radius 3 is 2.48 bits per heavy atom. The molecule has 0 amide bonds. The number of hydrogen-bond donors (Lipinski definition) is 1. The summed E-state index contributed by atoms with van der Waals surface area (Å²) in [6, 6.07) is 19.4.